The van der Waals surface area contributed by atoms with Crippen LogP contribution in [0.2, 0.25) is 0 Å². The number of para-hydroxylation sites is 1. The van der Waals surface area contributed by atoms with Gasteiger partial charge in [0.15, 0.2) is 0 Å². The first kappa shape index (κ1) is 11.7. The molecule has 1 N–H and O–H groups in total. The number of hydrogen-bond donors (Lipinski definition) is 1. The second-order valence-corrected chi connectivity index (χ2v) is 4.06. The van der Waals surface area contributed by atoms with Gasteiger partial charge in [0.2, 0.25) is 0 Å². The first-order valence-corrected chi connectivity index (χ1v) is 4.94. The molecule has 0 spiro atoms. The SMILES string of the molecule is CC(C)(CCO)C(=O)Oc1ccccc1. The molecule has 0 aliphatic rings. The number of carbonyl (C=O) groups is 1. The Kier molecular flexibility index (Phi) is 3.86. The Balaban J connectivity index is 2.63. The minimum atomic E-state index is -0.648. The van der Waals surface area contributed by atoms with Crippen molar-refractivity contribution in [3.05, 3.63) is 30.3 Å². The number of benzene rings is 1. The largest absolute Gasteiger partial charge is 0.426 e. The molecule has 0 unspecified atom stereocenters. The van der Waals surface area contributed by atoms with Crippen LogP contribution in [0.15, 0.2) is 30.3 Å². The van der Waals surface area contributed by atoms with E-state index in [1.54, 1.807) is 26.0 Å². The van der Waals surface area contributed by atoms with Gasteiger partial charge in [-0.2, -0.15) is 0 Å². The maximum absolute atomic E-state index is 11.7. The van der Waals surface area contributed by atoms with Crippen LogP contribution in [0.4, 0.5) is 0 Å². The summed E-state index contributed by atoms with van der Waals surface area (Å²) in [6.07, 6.45) is 0.401. The average molecular weight is 208 g/mol. The summed E-state index contributed by atoms with van der Waals surface area (Å²) in [6.45, 7) is 3.50. The smallest absolute Gasteiger partial charge is 0.316 e. The van der Waals surface area contributed by atoms with Crippen LogP contribution in [0.5, 0.6) is 5.75 Å². The van der Waals surface area contributed by atoms with Gasteiger partial charge in [0.05, 0.1) is 5.41 Å². The molecule has 0 fully saturated rings. The average Bonchev–Trinajstić information content (AvgIpc) is 2.19. The second kappa shape index (κ2) is 4.94. The Bertz CT molecular complexity index is 317. The molecular formula is C12H16O3. The molecule has 0 amide bonds. The molecule has 1 aromatic carbocycles. The Labute approximate surface area is 89.7 Å². The number of carbonyl (C=O) groups excluding carboxylic acids is 1. The zero-order chi connectivity index (χ0) is 11.3. The van der Waals surface area contributed by atoms with Crippen molar-refractivity contribution in [1.29, 1.82) is 0 Å². The van der Waals surface area contributed by atoms with Gasteiger partial charge in [0, 0.05) is 6.61 Å². The standard InChI is InChI=1S/C12H16O3/c1-12(2,8-9-13)11(14)15-10-6-4-3-5-7-10/h3-7,13H,8-9H2,1-2H3. The summed E-state index contributed by atoms with van der Waals surface area (Å²) in [5.74, 6) is 0.219. The van der Waals surface area contributed by atoms with Crippen LogP contribution < -0.4 is 4.74 Å². The zero-order valence-electron chi connectivity index (χ0n) is 9.06. The third-order valence-corrected chi connectivity index (χ3v) is 2.24. The number of esters is 1. The number of rotatable bonds is 4. The summed E-state index contributed by atoms with van der Waals surface area (Å²) in [6, 6.07) is 8.93. The van der Waals surface area contributed by atoms with Crippen LogP contribution in [0.25, 0.3) is 0 Å². The van der Waals surface area contributed by atoms with E-state index in [0.29, 0.717) is 12.2 Å². The minimum absolute atomic E-state index is 0.0170. The summed E-state index contributed by atoms with van der Waals surface area (Å²) in [4.78, 5) is 11.7. The predicted molar refractivity (Wildman–Crippen MR) is 57.6 cm³/mol. The van der Waals surface area contributed by atoms with Crippen LogP contribution in [-0.4, -0.2) is 17.7 Å². The maximum atomic E-state index is 11.7. The summed E-state index contributed by atoms with van der Waals surface area (Å²) in [5, 5.41) is 8.81. The van der Waals surface area contributed by atoms with Crippen molar-refractivity contribution in [3.8, 4) is 5.75 Å². The first-order chi connectivity index (χ1) is 7.06. The summed E-state index contributed by atoms with van der Waals surface area (Å²) >= 11 is 0. The van der Waals surface area contributed by atoms with Crippen LogP contribution in [-0.2, 0) is 4.79 Å². The highest BCUT2D eigenvalue weighted by Crippen LogP contribution is 2.23. The number of hydrogen-bond acceptors (Lipinski definition) is 3. The number of aliphatic hydroxyl groups is 1. The van der Waals surface area contributed by atoms with E-state index in [1.807, 2.05) is 18.2 Å². The lowest BCUT2D eigenvalue weighted by molar-refractivity contribution is -0.144. The van der Waals surface area contributed by atoms with Crippen LogP contribution >= 0.6 is 0 Å². The first-order valence-electron chi connectivity index (χ1n) is 4.94. The van der Waals surface area contributed by atoms with E-state index in [4.69, 9.17) is 9.84 Å². The van der Waals surface area contributed by atoms with Gasteiger partial charge < -0.3 is 9.84 Å². The minimum Gasteiger partial charge on any atom is -0.426 e. The molecule has 0 atom stereocenters. The molecule has 0 bridgehead atoms. The molecule has 0 radical (unpaired) electrons. The molecular weight excluding hydrogens is 192 g/mol. The van der Waals surface area contributed by atoms with Crippen molar-refractivity contribution in [3.63, 3.8) is 0 Å². The molecule has 0 aliphatic heterocycles. The van der Waals surface area contributed by atoms with Crippen molar-refractivity contribution in [2.75, 3.05) is 6.61 Å². The molecule has 0 saturated heterocycles. The molecule has 0 aliphatic carbocycles. The monoisotopic (exact) mass is 208 g/mol. The van der Waals surface area contributed by atoms with Crippen molar-refractivity contribution in [2.45, 2.75) is 20.3 Å². The summed E-state index contributed by atoms with van der Waals surface area (Å²) in [7, 11) is 0. The molecule has 0 saturated carbocycles. The summed E-state index contributed by atoms with van der Waals surface area (Å²) < 4.78 is 5.18. The van der Waals surface area contributed by atoms with Crippen LogP contribution in [0, 0.1) is 5.41 Å². The van der Waals surface area contributed by atoms with E-state index in [1.165, 1.54) is 0 Å². The maximum Gasteiger partial charge on any atom is 0.316 e. The molecule has 3 nitrogen and oxygen atoms in total. The predicted octanol–water partition coefficient (Wildman–Crippen LogP) is 2.00. The highest BCUT2D eigenvalue weighted by molar-refractivity contribution is 5.78. The lowest BCUT2D eigenvalue weighted by Gasteiger charge is -2.20. The van der Waals surface area contributed by atoms with Crippen molar-refractivity contribution in [2.24, 2.45) is 5.41 Å². The Morgan fingerprint density at radius 3 is 2.47 bits per heavy atom. The fraction of sp³-hybridized carbons (Fsp3) is 0.417. The van der Waals surface area contributed by atoms with Gasteiger partial charge in [0.25, 0.3) is 0 Å². The third-order valence-electron chi connectivity index (χ3n) is 2.24. The van der Waals surface area contributed by atoms with Gasteiger partial charge in [0.1, 0.15) is 5.75 Å². The molecule has 1 rings (SSSR count). The van der Waals surface area contributed by atoms with Gasteiger partial charge in [-0.25, -0.2) is 0 Å². The van der Waals surface area contributed by atoms with Crippen molar-refractivity contribution < 1.29 is 14.6 Å². The lowest BCUT2D eigenvalue weighted by Crippen LogP contribution is -2.29. The second-order valence-electron chi connectivity index (χ2n) is 4.06. The summed E-state index contributed by atoms with van der Waals surface area (Å²) in [5.41, 5.74) is -0.648. The van der Waals surface area contributed by atoms with E-state index < -0.39 is 5.41 Å². The van der Waals surface area contributed by atoms with Gasteiger partial charge in [-0.05, 0) is 32.4 Å². The van der Waals surface area contributed by atoms with Gasteiger partial charge in [-0.15, -0.1) is 0 Å². The number of ether oxygens (including phenoxy) is 1. The molecule has 3 heteroatoms. The number of aliphatic hydroxyl groups excluding tert-OH is 1. The topological polar surface area (TPSA) is 46.5 Å². The van der Waals surface area contributed by atoms with Crippen LogP contribution in [0.1, 0.15) is 20.3 Å². The zero-order valence-corrected chi connectivity index (χ0v) is 9.06. The molecule has 0 aromatic heterocycles. The Morgan fingerprint density at radius 1 is 1.33 bits per heavy atom. The van der Waals surface area contributed by atoms with E-state index >= 15 is 0 Å². The van der Waals surface area contributed by atoms with E-state index in [0.717, 1.165) is 0 Å². The highest BCUT2D eigenvalue weighted by Gasteiger charge is 2.29. The fourth-order valence-electron chi connectivity index (χ4n) is 1.12. The molecule has 82 valence electrons. The lowest BCUT2D eigenvalue weighted by atomic mass is 9.90. The highest BCUT2D eigenvalue weighted by atomic mass is 16.5. The van der Waals surface area contributed by atoms with Crippen molar-refractivity contribution >= 4 is 5.97 Å². The van der Waals surface area contributed by atoms with E-state index in [9.17, 15) is 4.79 Å². The van der Waals surface area contributed by atoms with Gasteiger partial charge in [-0.1, -0.05) is 18.2 Å². The quantitative estimate of drug-likeness (QED) is 0.608. The Hall–Kier alpha value is -1.35. The van der Waals surface area contributed by atoms with Crippen LogP contribution in [0.3, 0.4) is 0 Å². The van der Waals surface area contributed by atoms with E-state index in [2.05, 4.69) is 0 Å². The third kappa shape index (κ3) is 3.36. The van der Waals surface area contributed by atoms with E-state index in [-0.39, 0.29) is 12.6 Å². The fourth-order valence-corrected chi connectivity index (χ4v) is 1.12. The van der Waals surface area contributed by atoms with Crippen molar-refractivity contribution in [1.82, 2.24) is 0 Å². The Morgan fingerprint density at radius 2 is 1.93 bits per heavy atom. The van der Waals surface area contributed by atoms with Gasteiger partial charge >= 0.3 is 5.97 Å². The van der Waals surface area contributed by atoms with Gasteiger partial charge in [-0.3, -0.25) is 4.79 Å². The molecule has 15 heavy (non-hydrogen) atoms. The normalized spacial score (nSPS) is 11.1. The molecule has 1 aromatic rings. The molecule has 0 heterocycles.